The summed E-state index contributed by atoms with van der Waals surface area (Å²) in [6.45, 7) is 5.63. The van der Waals surface area contributed by atoms with E-state index in [4.69, 9.17) is 4.74 Å². The zero-order valence-corrected chi connectivity index (χ0v) is 9.63. The van der Waals surface area contributed by atoms with Crippen LogP contribution in [0.15, 0.2) is 0 Å². The summed E-state index contributed by atoms with van der Waals surface area (Å²) in [6.07, 6.45) is 0.784. The number of amides is 1. The molecule has 1 amide bonds. The number of hydrogen-bond donors (Lipinski definition) is 1. The van der Waals surface area contributed by atoms with Crippen molar-refractivity contribution >= 4 is 6.09 Å². The lowest BCUT2D eigenvalue weighted by atomic mass is 10.2. The van der Waals surface area contributed by atoms with Gasteiger partial charge < -0.3 is 15.0 Å². The number of carbonyl (C=O) groups excluding carboxylic acids is 1. The first kappa shape index (κ1) is 11.3. The van der Waals surface area contributed by atoms with E-state index < -0.39 is 5.60 Å². The minimum absolute atomic E-state index is 0.236. The second-order valence-corrected chi connectivity index (χ2v) is 4.79. The van der Waals surface area contributed by atoms with Gasteiger partial charge >= 0.3 is 6.09 Å². The normalized spacial score (nSPS) is 25.8. The molecule has 0 spiro atoms. The van der Waals surface area contributed by atoms with E-state index in [1.165, 1.54) is 0 Å². The highest BCUT2D eigenvalue weighted by Crippen LogP contribution is 2.27. The van der Waals surface area contributed by atoms with E-state index in [1.807, 2.05) is 27.8 Å². The number of nitrogens with one attached hydrogen (secondary N) is 1. The van der Waals surface area contributed by atoms with E-state index in [-0.39, 0.29) is 6.09 Å². The zero-order chi connectivity index (χ0) is 10.9. The maximum absolute atomic E-state index is 11.6. The van der Waals surface area contributed by atoms with Crippen molar-refractivity contribution in [2.45, 2.75) is 44.9 Å². The maximum Gasteiger partial charge on any atom is 0.410 e. The Balaban J connectivity index is 2.39. The van der Waals surface area contributed by atoms with Crippen LogP contribution in [0.3, 0.4) is 0 Å². The van der Waals surface area contributed by atoms with Crippen molar-refractivity contribution in [2.75, 3.05) is 14.1 Å². The van der Waals surface area contributed by atoms with Crippen LogP contribution in [0.5, 0.6) is 0 Å². The number of hydrogen-bond acceptors (Lipinski definition) is 3. The third-order valence-corrected chi connectivity index (χ3v) is 2.31. The van der Waals surface area contributed by atoms with E-state index in [9.17, 15) is 4.79 Å². The predicted molar refractivity (Wildman–Crippen MR) is 55.2 cm³/mol. The van der Waals surface area contributed by atoms with Crippen LogP contribution in [0.4, 0.5) is 4.79 Å². The summed E-state index contributed by atoms with van der Waals surface area (Å²) >= 11 is 0. The quantitative estimate of drug-likeness (QED) is 0.728. The van der Waals surface area contributed by atoms with Gasteiger partial charge in [0.1, 0.15) is 5.60 Å². The number of ether oxygens (including phenoxy) is 1. The molecular weight excluding hydrogens is 180 g/mol. The van der Waals surface area contributed by atoms with Gasteiger partial charge in [-0.3, -0.25) is 0 Å². The van der Waals surface area contributed by atoms with Gasteiger partial charge in [0, 0.05) is 13.1 Å². The Morgan fingerprint density at radius 3 is 2.43 bits per heavy atom. The van der Waals surface area contributed by atoms with Crippen molar-refractivity contribution in [1.82, 2.24) is 10.2 Å². The highest BCUT2D eigenvalue weighted by atomic mass is 16.6. The molecular formula is C10H20N2O2. The molecule has 0 saturated heterocycles. The first-order valence-electron chi connectivity index (χ1n) is 4.98. The molecule has 1 fully saturated rings. The highest BCUT2D eigenvalue weighted by molar-refractivity contribution is 5.68. The van der Waals surface area contributed by atoms with E-state index in [2.05, 4.69) is 5.32 Å². The Kier molecular flexibility index (Phi) is 3.04. The Hall–Kier alpha value is -0.770. The molecule has 0 aromatic carbocycles. The zero-order valence-electron chi connectivity index (χ0n) is 9.63. The Morgan fingerprint density at radius 1 is 1.50 bits per heavy atom. The summed E-state index contributed by atoms with van der Waals surface area (Å²) in [7, 11) is 3.70. The van der Waals surface area contributed by atoms with E-state index in [0.29, 0.717) is 12.1 Å². The molecule has 0 bridgehead atoms. The van der Waals surface area contributed by atoms with Gasteiger partial charge in [0.15, 0.2) is 0 Å². The molecule has 4 nitrogen and oxygen atoms in total. The molecule has 1 saturated carbocycles. The third kappa shape index (κ3) is 2.87. The minimum atomic E-state index is -0.407. The molecule has 0 radical (unpaired) electrons. The molecule has 14 heavy (non-hydrogen) atoms. The monoisotopic (exact) mass is 200 g/mol. The first-order chi connectivity index (χ1) is 6.35. The van der Waals surface area contributed by atoms with Crippen molar-refractivity contribution < 1.29 is 9.53 Å². The fourth-order valence-corrected chi connectivity index (χ4v) is 1.39. The molecule has 1 aliphatic rings. The van der Waals surface area contributed by atoms with Gasteiger partial charge in [-0.2, -0.15) is 0 Å². The first-order valence-corrected chi connectivity index (χ1v) is 4.98. The third-order valence-electron chi connectivity index (χ3n) is 2.31. The summed E-state index contributed by atoms with van der Waals surface area (Å²) in [5.74, 6) is 0. The smallest absolute Gasteiger partial charge is 0.410 e. The van der Waals surface area contributed by atoms with E-state index in [1.54, 1.807) is 11.9 Å². The summed E-state index contributed by atoms with van der Waals surface area (Å²) < 4.78 is 5.25. The van der Waals surface area contributed by atoms with Crippen LogP contribution in [0.2, 0.25) is 0 Å². The van der Waals surface area contributed by atoms with Gasteiger partial charge in [0.25, 0.3) is 0 Å². The summed E-state index contributed by atoms with van der Waals surface area (Å²) in [5, 5.41) is 3.14. The van der Waals surface area contributed by atoms with Crippen LogP contribution in [-0.2, 0) is 4.74 Å². The molecule has 82 valence electrons. The number of rotatable bonds is 2. The van der Waals surface area contributed by atoms with Crippen molar-refractivity contribution in [3.63, 3.8) is 0 Å². The number of likely N-dealkylation sites (N-methyl/N-ethyl adjacent to an activating group) is 2. The fourth-order valence-electron chi connectivity index (χ4n) is 1.39. The summed E-state index contributed by atoms with van der Waals surface area (Å²) in [5.41, 5.74) is -0.407. The van der Waals surface area contributed by atoms with Crippen LogP contribution in [0.1, 0.15) is 27.2 Å². The molecule has 4 heteroatoms. The SMILES string of the molecule is CN[C@H]1C[C@@H]1N(C)C(=O)OC(C)(C)C. The Bertz CT molecular complexity index is 223. The molecule has 0 unspecified atom stereocenters. The molecule has 0 aromatic rings. The Labute approximate surface area is 85.6 Å². The summed E-state index contributed by atoms with van der Waals surface area (Å²) in [4.78, 5) is 13.3. The second kappa shape index (κ2) is 3.77. The van der Waals surface area contributed by atoms with Crippen molar-refractivity contribution in [3.8, 4) is 0 Å². The molecule has 1 aliphatic carbocycles. The van der Waals surface area contributed by atoms with Gasteiger partial charge in [0.2, 0.25) is 0 Å². The van der Waals surface area contributed by atoms with E-state index >= 15 is 0 Å². The molecule has 0 heterocycles. The standard InChI is InChI=1S/C10H20N2O2/c1-10(2,3)14-9(13)12(5)8-6-7(8)11-4/h7-8,11H,6H2,1-5H3/t7-,8-/m0/s1. The van der Waals surface area contributed by atoms with Crippen LogP contribution in [0, 0.1) is 0 Å². The van der Waals surface area contributed by atoms with Gasteiger partial charge in [-0.15, -0.1) is 0 Å². The lowest BCUT2D eigenvalue weighted by Gasteiger charge is -2.24. The lowest BCUT2D eigenvalue weighted by molar-refractivity contribution is 0.0280. The number of nitrogens with zero attached hydrogens (tertiary/aromatic N) is 1. The molecule has 0 aliphatic heterocycles. The predicted octanol–water partition coefficient (Wildman–Crippen LogP) is 1.21. The lowest BCUT2D eigenvalue weighted by Crippen LogP contribution is -2.37. The molecule has 1 N–H and O–H groups in total. The second-order valence-electron chi connectivity index (χ2n) is 4.79. The van der Waals surface area contributed by atoms with Crippen LogP contribution in [0.25, 0.3) is 0 Å². The molecule has 0 aromatic heterocycles. The fraction of sp³-hybridized carbons (Fsp3) is 0.900. The maximum atomic E-state index is 11.6. The largest absolute Gasteiger partial charge is 0.444 e. The van der Waals surface area contributed by atoms with Gasteiger partial charge in [-0.25, -0.2) is 4.79 Å². The molecule has 2 atom stereocenters. The number of carbonyl (C=O) groups is 1. The van der Waals surface area contributed by atoms with Crippen LogP contribution in [-0.4, -0.2) is 42.8 Å². The van der Waals surface area contributed by atoms with Crippen molar-refractivity contribution in [3.05, 3.63) is 0 Å². The molecule has 1 rings (SSSR count). The minimum Gasteiger partial charge on any atom is -0.444 e. The van der Waals surface area contributed by atoms with Gasteiger partial charge in [-0.05, 0) is 34.2 Å². The van der Waals surface area contributed by atoms with Crippen molar-refractivity contribution in [1.29, 1.82) is 0 Å². The Morgan fingerprint density at radius 2 is 2.07 bits per heavy atom. The summed E-state index contributed by atoms with van der Waals surface area (Å²) in [6, 6.07) is 0.738. The van der Waals surface area contributed by atoms with Crippen LogP contribution < -0.4 is 5.32 Å². The average molecular weight is 200 g/mol. The van der Waals surface area contributed by atoms with Crippen LogP contribution >= 0.6 is 0 Å². The topological polar surface area (TPSA) is 41.6 Å². The van der Waals surface area contributed by atoms with Gasteiger partial charge in [-0.1, -0.05) is 0 Å². The highest BCUT2D eigenvalue weighted by Gasteiger charge is 2.42. The van der Waals surface area contributed by atoms with Gasteiger partial charge in [0.05, 0.1) is 6.04 Å². The van der Waals surface area contributed by atoms with E-state index in [0.717, 1.165) is 6.42 Å². The van der Waals surface area contributed by atoms with Crippen molar-refractivity contribution in [2.24, 2.45) is 0 Å². The average Bonchev–Trinajstić information content (AvgIpc) is 2.78.